The third-order valence-corrected chi connectivity index (χ3v) is 6.71. The second-order valence-corrected chi connectivity index (χ2v) is 7.87. The molecule has 3 unspecified atom stereocenters. The Morgan fingerprint density at radius 2 is 2.26 bits per heavy atom. The van der Waals surface area contributed by atoms with E-state index in [0.717, 1.165) is 6.42 Å². The van der Waals surface area contributed by atoms with E-state index >= 15 is 0 Å². The van der Waals surface area contributed by atoms with Crippen molar-refractivity contribution in [3.63, 3.8) is 0 Å². The van der Waals surface area contributed by atoms with Crippen molar-refractivity contribution in [2.75, 3.05) is 0 Å². The van der Waals surface area contributed by atoms with Gasteiger partial charge in [-0.15, -0.1) is 11.3 Å². The molecule has 6 nitrogen and oxygen atoms in total. The van der Waals surface area contributed by atoms with Gasteiger partial charge < -0.3 is 5.11 Å². The van der Waals surface area contributed by atoms with E-state index in [4.69, 9.17) is 5.11 Å². The number of nitrogens with zero attached hydrogens (tertiary/aromatic N) is 2. The molecule has 2 saturated heterocycles. The maximum Gasteiger partial charge on any atom is 0.308 e. The van der Waals surface area contributed by atoms with Crippen molar-refractivity contribution >= 4 is 27.3 Å². The van der Waals surface area contributed by atoms with Gasteiger partial charge in [0.25, 0.3) is 10.0 Å². The Bertz CT molecular complexity index is 624. The highest BCUT2D eigenvalue weighted by Crippen LogP contribution is 2.44. The maximum absolute atomic E-state index is 12.6. The van der Waals surface area contributed by atoms with Crippen LogP contribution < -0.4 is 0 Å². The number of carboxylic acids is 1. The number of aryl methyl sites for hydroxylation is 1. The van der Waals surface area contributed by atoms with Crippen molar-refractivity contribution in [2.45, 2.75) is 43.3 Å². The van der Waals surface area contributed by atoms with Gasteiger partial charge in [0.1, 0.15) is 0 Å². The molecule has 0 radical (unpaired) electrons. The van der Waals surface area contributed by atoms with Gasteiger partial charge in [-0.3, -0.25) is 4.79 Å². The van der Waals surface area contributed by atoms with Gasteiger partial charge in [-0.1, -0.05) is 0 Å². The van der Waals surface area contributed by atoms with E-state index in [2.05, 4.69) is 4.98 Å². The Balaban J connectivity index is 1.97. The van der Waals surface area contributed by atoms with Crippen LogP contribution in [0.5, 0.6) is 0 Å². The summed E-state index contributed by atoms with van der Waals surface area (Å²) in [6, 6.07) is -0.590. The molecule has 1 aromatic heterocycles. The molecule has 0 saturated carbocycles. The summed E-state index contributed by atoms with van der Waals surface area (Å²) >= 11 is 1.29. The smallest absolute Gasteiger partial charge is 0.308 e. The summed E-state index contributed by atoms with van der Waals surface area (Å²) in [7, 11) is -3.65. The minimum Gasteiger partial charge on any atom is -0.481 e. The molecule has 1 N–H and O–H groups in total. The van der Waals surface area contributed by atoms with Crippen LogP contribution in [0.25, 0.3) is 0 Å². The first-order chi connectivity index (χ1) is 8.91. The van der Waals surface area contributed by atoms with Crippen molar-refractivity contribution < 1.29 is 18.3 Å². The standard InChI is InChI=1S/C11H14N2O4S2/c1-6-12-10(5-18-6)19(16,17)13-7-2-3-9(13)8(4-7)11(14)15/h5,7-9H,2-4H2,1H3,(H,14,15). The summed E-state index contributed by atoms with van der Waals surface area (Å²) in [6.45, 7) is 1.75. The van der Waals surface area contributed by atoms with E-state index in [-0.39, 0.29) is 11.1 Å². The highest BCUT2D eigenvalue weighted by molar-refractivity contribution is 7.89. The number of sulfonamides is 1. The largest absolute Gasteiger partial charge is 0.481 e. The zero-order valence-electron chi connectivity index (χ0n) is 10.3. The average molecular weight is 302 g/mol. The number of carbonyl (C=O) groups is 1. The second kappa shape index (κ2) is 4.26. The Kier molecular flexibility index (Phi) is 2.91. The second-order valence-electron chi connectivity index (χ2n) is 5.02. The Morgan fingerprint density at radius 1 is 1.53 bits per heavy atom. The molecule has 1 aromatic rings. The molecule has 0 aliphatic carbocycles. The first-order valence-electron chi connectivity index (χ1n) is 6.09. The molecule has 8 heteroatoms. The van der Waals surface area contributed by atoms with Gasteiger partial charge in [-0.25, -0.2) is 13.4 Å². The van der Waals surface area contributed by atoms with E-state index in [1.165, 1.54) is 21.0 Å². The van der Waals surface area contributed by atoms with Crippen LogP contribution in [0.3, 0.4) is 0 Å². The zero-order chi connectivity index (χ0) is 13.8. The average Bonchev–Trinajstić information content (AvgIpc) is 3.01. The number of rotatable bonds is 3. The fourth-order valence-electron chi connectivity index (χ4n) is 3.15. The fourth-order valence-corrected chi connectivity index (χ4v) is 5.97. The van der Waals surface area contributed by atoms with Gasteiger partial charge in [-0.2, -0.15) is 4.31 Å². The van der Waals surface area contributed by atoms with Crippen molar-refractivity contribution in [2.24, 2.45) is 5.92 Å². The molecule has 2 aliphatic rings. The third kappa shape index (κ3) is 1.89. The summed E-state index contributed by atoms with van der Waals surface area (Å²) in [4.78, 5) is 15.2. The number of hydrogen-bond acceptors (Lipinski definition) is 5. The van der Waals surface area contributed by atoms with Crippen LogP contribution >= 0.6 is 11.3 Å². The quantitative estimate of drug-likeness (QED) is 0.902. The minimum atomic E-state index is -3.65. The van der Waals surface area contributed by atoms with Gasteiger partial charge in [0.15, 0.2) is 5.03 Å². The molecule has 2 aliphatic heterocycles. The summed E-state index contributed by atoms with van der Waals surface area (Å²) in [5.41, 5.74) is 0. The van der Waals surface area contributed by atoms with E-state index in [0.29, 0.717) is 17.8 Å². The molecular weight excluding hydrogens is 288 g/mol. The summed E-state index contributed by atoms with van der Waals surface area (Å²) in [6.07, 6.45) is 1.79. The topological polar surface area (TPSA) is 87.6 Å². The lowest BCUT2D eigenvalue weighted by molar-refractivity contribution is -0.142. The Morgan fingerprint density at radius 3 is 2.79 bits per heavy atom. The third-order valence-electron chi connectivity index (χ3n) is 3.93. The molecule has 3 rings (SSSR count). The van der Waals surface area contributed by atoms with E-state index < -0.39 is 28.0 Å². The van der Waals surface area contributed by atoms with E-state index in [1.54, 1.807) is 6.92 Å². The molecule has 0 aromatic carbocycles. The van der Waals surface area contributed by atoms with Gasteiger partial charge in [0.05, 0.1) is 10.9 Å². The number of aromatic nitrogens is 1. The first-order valence-corrected chi connectivity index (χ1v) is 8.41. The molecule has 3 atom stereocenters. The highest BCUT2D eigenvalue weighted by atomic mass is 32.2. The Hall–Kier alpha value is -0.990. The van der Waals surface area contributed by atoms with Gasteiger partial charge in [-0.05, 0) is 26.2 Å². The molecule has 0 spiro atoms. The van der Waals surface area contributed by atoms with Crippen molar-refractivity contribution in [1.82, 2.24) is 9.29 Å². The van der Waals surface area contributed by atoms with Crippen molar-refractivity contribution in [1.29, 1.82) is 0 Å². The predicted molar refractivity (Wildman–Crippen MR) is 68.4 cm³/mol. The molecule has 104 valence electrons. The van der Waals surface area contributed by atoms with Crippen LogP contribution in [0.2, 0.25) is 0 Å². The number of thiazole rings is 1. The zero-order valence-corrected chi connectivity index (χ0v) is 11.9. The summed E-state index contributed by atoms with van der Waals surface area (Å²) in [5.74, 6) is -1.48. The lowest BCUT2D eigenvalue weighted by Crippen LogP contribution is -2.38. The number of carboxylic acid groups (broad SMARTS) is 1. The normalized spacial score (nSPS) is 30.9. The molecule has 3 heterocycles. The molecular formula is C11H14N2O4S2. The van der Waals surface area contributed by atoms with Crippen LogP contribution in [-0.2, 0) is 14.8 Å². The van der Waals surface area contributed by atoms with Gasteiger partial charge in [0, 0.05) is 17.5 Å². The Labute approximate surface area is 115 Å². The van der Waals surface area contributed by atoms with Crippen LogP contribution in [0.15, 0.2) is 10.4 Å². The molecule has 2 bridgehead atoms. The molecule has 0 amide bonds. The number of hydrogen-bond donors (Lipinski definition) is 1. The van der Waals surface area contributed by atoms with Gasteiger partial charge >= 0.3 is 5.97 Å². The maximum atomic E-state index is 12.6. The first kappa shape index (κ1) is 13.0. The fraction of sp³-hybridized carbons (Fsp3) is 0.636. The van der Waals surface area contributed by atoms with E-state index in [9.17, 15) is 13.2 Å². The number of aliphatic carboxylic acids is 1. The van der Waals surface area contributed by atoms with Crippen LogP contribution in [0, 0.1) is 12.8 Å². The molecule has 2 fully saturated rings. The van der Waals surface area contributed by atoms with Crippen LogP contribution in [-0.4, -0.2) is 40.9 Å². The van der Waals surface area contributed by atoms with Crippen LogP contribution in [0.1, 0.15) is 24.3 Å². The van der Waals surface area contributed by atoms with Crippen LogP contribution in [0.4, 0.5) is 0 Å². The SMILES string of the molecule is Cc1nc(S(=O)(=O)N2C3CCC2C(C(=O)O)C3)cs1. The minimum absolute atomic E-state index is 0.0536. The van der Waals surface area contributed by atoms with Crippen molar-refractivity contribution in [3.05, 3.63) is 10.4 Å². The lowest BCUT2D eigenvalue weighted by Gasteiger charge is -2.21. The monoisotopic (exact) mass is 302 g/mol. The van der Waals surface area contributed by atoms with Crippen molar-refractivity contribution in [3.8, 4) is 0 Å². The predicted octanol–water partition coefficient (Wildman–Crippen LogP) is 1.08. The summed E-state index contributed by atoms with van der Waals surface area (Å²) in [5, 5.41) is 11.4. The number of fused-ring (bicyclic) bond motifs is 2. The lowest BCUT2D eigenvalue weighted by atomic mass is 9.89. The van der Waals surface area contributed by atoms with E-state index in [1.807, 2.05) is 0 Å². The molecule has 19 heavy (non-hydrogen) atoms. The van der Waals surface area contributed by atoms with Gasteiger partial charge in [0.2, 0.25) is 0 Å². The highest BCUT2D eigenvalue weighted by Gasteiger charge is 2.54. The summed E-state index contributed by atoms with van der Waals surface area (Å²) < 4.78 is 26.5.